The van der Waals surface area contributed by atoms with Crippen LogP contribution in [0.25, 0.3) is 11.4 Å². The Morgan fingerprint density at radius 1 is 1.10 bits per heavy atom. The number of carbonyl (C=O) groups excluding carboxylic acids is 1. The van der Waals surface area contributed by atoms with Crippen molar-refractivity contribution in [1.29, 1.82) is 0 Å². The zero-order valence-corrected chi connectivity index (χ0v) is 16.6. The van der Waals surface area contributed by atoms with Crippen molar-refractivity contribution in [2.75, 3.05) is 0 Å². The van der Waals surface area contributed by atoms with Crippen LogP contribution in [-0.4, -0.2) is 15.0 Å². The van der Waals surface area contributed by atoms with Gasteiger partial charge in [0, 0.05) is 18.0 Å². The molecular weight excluding hydrogens is 412 g/mol. The molecule has 4 aromatic rings. The molecule has 0 atom stereocenters. The van der Waals surface area contributed by atoms with Crippen molar-refractivity contribution in [3.05, 3.63) is 104 Å². The highest BCUT2D eigenvalue weighted by atomic mass is 35.5. The molecule has 0 saturated heterocycles. The monoisotopic (exact) mass is 426 g/mol. The van der Waals surface area contributed by atoms with E-state index in [1.807, 2.05) is 12.1 Å². The molecule has 0 aliphatic heterocycles. The second-order valence-electron chi connectivity index (χ2n) is 6.18. The van der Waals surface area contributed by atoms with E-state index in [1.54, 1.807) is 53.4 Å². The zero-order valence-electron chi connectivity index (χ0n) is 15.0. The lowest BCUT2D eigenvalue weighted by atomic mass is 10.2. The van der Waals surface area contributed by atoms with Gasteiger partial charge in [-0.05, 0) is 42.5 Å². The maximum absolute atomic E-state index is 12.2. The standard InChI is InChI=1S/C20H15ClN4O3S/c21-18-9-8-17(29-18)20(27)22-11-16-12-23(13-25(16)28)14-4-6-15(7-5-14)24-10-2-1-3-19(24)26/h1-10,12-13H,11H2,(H,22,27). The molecule has 0 spiro atoms. The SMILES string of the molecule is O=C(NCc1cn(-c2ccc(-n3ccccc3=O)cc2)c[n+]1[O-])c1ccc(Cl)s1. The number of thiophene rings is 1. The first kappa shape index (κ1) is 19.0. The first-order valence-electron chi connectivity index (χ1n) is 8.63. The van der Waals surface area contributed by atoms with Gasteiger partial charge in [-0.2, -0.15) is 0 Å². The van der Waals surface area contributed by atoms with Gasteiger partial charge in [0.05, 0.1) is 15.8 Å². The number of hydrogen-bond acceptors (Lipinski definition) is 4. The van der Waals surface area contributed by atoms with Crippen molar-refractivity contribution < 1.29 is 9.52 Å². The number of halogens is 1. The Morgan fingerprint density at radius 3 is 2.55 bits per heavy atom. The molecule has 0 fully saturated rings. The minimum Gasteiger partial charge on any atom is -0.711 e. The van der Waals surface area contributed by atoms with E-state index in [4.69, 9.17) is 11.6 Å². The quantitative estimate of drug-likeness (QED) is 0.393. The molecular formula is C20H15ClN4O3S. The van der Waals surface area contributed by atoms with Gasteiger partial charge in [-0.3, -0.25) is 14.2 Å². The molecule has 29 heavy (non-hydrogen) atoms. The summed E-state index contributed by atoms with van der Waals surface area (Å²) in [6, 6.07) is 15.5. The molecule has 1 aromatic carbocycles. The molecule has 0 radical (unpaired) electrons. The highest BCUT2D eigenvalue weighted by molar-refractivity contribution is 7.17. The Bertz CT molecular complexity index is 1230. The van der Waals surface area contributed by atoms with Crippen molar-refractivity contribution in [1.82, 2.24) is 14.5 Å². The number of aromatic nitrogens is 3. The second-order valence-corrected chi connectivity index (χ2v) is 7.90. The summed E-state index contributed by atoms with van der Waals surface area (Å²) >= 11 is 7.02. The number of hydrogen-bond donors (Lipinski definition) is 1. The van der Waals surface area contributed by atoms with Gasteiger partial charge in [0.15, 0.2) is 5.69 Å². The molecule has 0 unspecified atom stereocenters. The molecule has 1 N–H and O–H groups in total. The molecule has 0 aliphatic rings. The van der Waals surface area contributed by atoms with Gasteiger partial charge in [0.2, 0.25) is 0 Å². The molecule has 3 heterocycles. The Hall–Kier alpha value is -3.36. The van der Waals surface area contributed by atoms with Crippen LogP contribution in [0.4, 0.5) is 0 Å². The average Bonchev–Trinajstić information content (AvgIpc) is 3.32. The third kappa shape index (κ3) is 4.08. The molecule has 0 saturated carbocycles. The van der Waals surface area contributed by atoms with Gasteiger partial charge >= 0.3 is 0 Å². The van der Waals surface area contributed by atoms with Crippen molar-refractivity contribution in [3.8, 4) is 11.4 Å². The van der Waals surface area contributed by atoms with Gasteiger partial charge in [-0.15, -0.1) is 11.3 Å². The number of benzene rings is 1. The van der Waals surface area contributed by atoms with Crippen LogP contribution in [0.5, 0.6) is 0 Å². The highest BCUT2D eigenvalue weighted by Crippen LogP contribution is 2.21. The van der Waals surface area contributed by atoms with Gasteiger partial charge < -0.3 is 10.5 Å². The first-order valence-corrected chi connectivity index (χ1v) is 9.83. The van der Waals surface area contributed by atoms with Crippen LogP contribution in [0.15, 0.2) is 78.1 Å². The maximum atomic E-state index is 12.2. The van der Waals surface area contributed by atoms with Crippen molar-refractivity contribution in [2.45, 2.75) is 6.54 Å². The molecule has 4 rings (SSSR count). The van der Waals surface area contributed by atoms with E-state index < -0.39 is 0 Å². The van der Waals surface area contributed by atoms with E-state index in [9.17, 15) is 14.8 Å². The fraction of sp³-hybridized carbons (Fsp3) is 0.0500. The third-order valence-corrected chi connectivity index (χ3v) is 5.51. The minimum atomic E-state index is -0.285. The average molecular weight is 427 g/mol. The molecule has 0 bridgehead atoms. The van der Waals surface area contributed by atoms with Crippen LogP contribution >= 0.6 is 22.9 Å². The van der Waals surface area contributed by atoms with Crippen LogP contribution in [0.3, 0.4) is 0 Å². The third-order valence-electron chi connectivity index (χ3n) is 4.28. The minimum absolute atomic E-state index is 0.0857. The lowest BCUT2D eigenvalue weighted by Gasteiger charge is -2.05. The van der Waals surface area contributed by atoms with E-state index in [2.05, 4.69) is 5.32 Å². The van der Waals surface area contributed by atoms with Crippen LogP contribution in [0, 0.1) is 5.21 Å². The fourth-order valence-corrected chi connectivity index (χ4v) is 3.78. The fourth-order valence-electron chi connectivity index (χ4n) is 2.82. The number of nitrogens with one attached hydrogen (secondary N) is 1. The molecule has 146 valence electrons. The lowest BCUT2D eigenvalue weighted by Crippen LogP contribution is -2.33. The largest absolute Gasteiger partial charge is 0.711 e. The molecule has 1 amide bonds. The van der Waals surface area contributed by atoms with Crippen LogP contribution < -0.4 is 15.6 Å². The molecule has 3 aromatic heterocycles. The summed E-state index contributed by atoms with van der Waals surface area (Å²) in [5.74, 6) is -0.285. The Morgan fingerprint density at radius 2 is 1.86 bits per heavy atom. The molecule has 7 nitrogen and oxygen atoms in total. The van der Waals surface area contributed by atoms with Crippen LogP contribution in [-0.2, 0) is 6.54 Å². The summed E-state index contributed by atoms with van der Waals surface area (Å²) in [6.07, 6.45) is 4.73. The van der Waals surface area contributed by atoms with Crippen LogP contribution in [0.1, 0.15) is 15.4 Å². The van der Waals surface area contributed by atoms with E-state index >= 15 is 0 Å². The Balaban J connectivity index is 1.49. The predicted octanol–water partition coefficient (Wildman–Crippen LogP) is 2.91. The normalized spacial score (nSPS) is 10.8. The summed E-state index contributed by atoms with van der Waals surface area (Å²) < 4.78 is 4.43. The van der Waals surface area contributed by atoms with E-state index in [0.29, 0.717) is 19.6 Å². The smallest absolute Gasteiger partial charge is 0.261 e. The predicted molar refractivity (Wildman–Crippen MR) is 111 cm³/mol. The maximum Gasteiger partial charge on any atom is 0.261 e. The number of rotatable bonds is 5. The highest BCUT2D eigenvalue weighted by Gasteiger charge is 2.14. The molecule has 0 aliphatic carbocycles. The number of carbonyl (C=O) groups is 1. The summed E-state index contributed by atoms with van der Waals surface area (Å²) in [5, 5.41) is 14.9. The topological polar surface area (TPSA) is 83.0 Å². The summed E-state index contributed by atoms with van der Waals surface area (Å²) in [5.41, 5.74) is 1.75. The van der Waals surface area contributed by atoms with E-state index in [-0.39, 0.29) is 18.0 Å². The van der Waals surface area contributed by atoms with Gasteiger partial charge in [0.1, 0.15) is 11.9 Å². The summed E-state index contributed by atoms with van der Waals surface area (Å²) in [7, 11) is 0. The second kappa shape index (κ2) is 7.94. The van der Waals surface area contributed by atoms with Gasteiger partial charge in [-0.1, -0.05) is 17.7 Å². The molecule has 9 heteroatoms. The van der Waals surface area contributed by atoms with Gasteiger partial charge in [0.25, 0.3) is 17.8 Å². The number of imidazole rings is 1. The number of nitrogens with zero attached hydrogens (tertiary/aromatic N) is 3. The van der Waals surface area contributed by atoms with Crippen molar-refractivity contribution in [2.24, 2.45) is 0 Å². The zero-order chi connectivity index (χ0) is 20.4. The van der Waals surface area contributed by atoms with E-state index in [0.717, 1.165) is 11.4 Å². The van der Waals surface area contributed by atoms with E-state index in [1.165, 1.54) is 28.3 Å². The Kier molecular flexibility index (Phi) is 5.20. The first-order chi connectivity index (χ1) is 14.0. The summed E-state index contributed by atoms with van der Waals surface area (Å²) in [6.45, 7) is 0.0857. The lowest BCUT2D eigenvalue weighted by molar-refractivity contribution is -0.613. The van der Waals surface area contributed by atoms with Crippen molar-refractivity contribution >= 4 is 28.8 Å². The van der Waals surface area contributed by atoms with Crippen LogP contribution in [0.2, 0.25) is 4.34 Å². The van der Waals surface area contributed by atoms with Crippen molar-refractivity contribution in [3.63, 3.8) is 0 Å². The Labute approximate surface area is 174 Å². The number of amides is 1. The summed E-state index contributed by atoms with van der Waals surface area (Å²) in [4.78, 5) is 24.5. The van der Waals surface area contributed by atoms with Gasteiger partial charge in [-0.25, -0.2) is 9.30 Å². The number of pyridine rings is 1.